The van der Waals surface area contributed by atoms with Crippen LogP contribution in [0, 0.1) is 0 Å². The second-order valence-corrected chi connectivity index (χ2v) is 7.56. The summed E-state index contributed by atoms with van der Waals surface area (Å²) in [5.74, 6) is 0. The van der Waals surface area contributed by atoms with E-state index in [1.54, 1.807) is 0 Å². The fourth-order valence-electron chi connectivity index (χ4n) is 2.71. The normalized spacial score (nSPS) is 19.9. The van der Waals surface area contributed by atoms with Crippen LogP contribution in [0.3, 0.4) is 0 Å². The van der Waals surface area contributed by atoms with Gasteiger partial charge in [-0.2, -0.15) is 0 Å². The van der Waals surface area contributed by atoms with Gasteiger partial charge in [-0.1, -0.05) is 0 Å². The molecule has 1 aliphatic heterocycles. The third-order valence-corrected chi connectivity index (χ3v) is 5.84. The van der Waals surface area contributed by atoms with E-state index in [9.17, 15) is 4.57 Å². The Balaban J connectivity index is 2.35. The number of hydrogen-bond acceptors (Lipinski definition) is 3. The van der Waals surface area contributed by atoms with Gasteiger partial charge in [0.05, 0.1) is 46.1 Å². The Kier molecular flexibility index (Phi) is 6.86. The first-order valence-corrected chi connectivity index (χ1v) is 8.98. The van der Waals surface area contributed by atoms with Crippen LogP contribution in [0.5, 0.6) is 0 Å². The molecule has 0 aromatic heterocycles. The molecule has 0 aliphatic carbocycles. The van der Waals surface area contributed by atoms with Crippen molar-refractivity contribution in [2.45, 2.75) is 39.5 Å². The van der Waals surface area contributed by atoms with Crippen molar-refractivity contribution in [3.63, 3.8) is 0 Å². The molecule has 1 fully saturated rings. The van der Waals surface area contributed by atoms with Crippen molar-refractivity contribution < 1.29 is 18.1 Å². The summed E-state index contributed by atoms with van der Waals surface area (Å²) in [5, 5.41) is 0. The predicted molar refractivity (Wildman–Crippen MR) is 75.0 cm³/mol. The molecule has 0 radical (unpaired) electrons. The summed E-state index contributed by atoms with van der Waals surface area (Å²) in [6, 6.07) is 0. The molecule has 108 valence electrons. The summed E-state index contributed by atoms with van der Waals surface area (Å²) < 4.78 is 24.1. The first-order valence-electron chi connectivity index (χ1n) is 7.25. The highest BCUT2D eigenvalue weighted by Crippen LogP contribution is 2.48. The first-order chi connectivity index (χ1) is 8.54. The number of likely N-dealkylation sites (tertiary alicyclic amines) is 1. The molecule has 1 saturated heterocycles. The van der Waals surface area contributed by atoms with Gasteiger partial charge in [0, 0.05) is 6.42 Å². The third kappa shape index (κ3) is 5.40. The van der Waals surface area contributed by atoms with Gasteiger partial charge in [-0.05, 0) is 33.1 Å². The fourth-order valence-corrected chi connectivity index (χ4v) is 4.35. The van der Waals surface area contributed by atoms with Gasteiger partial charge >= 0.3 is 7.60 Å². The number of nitrogens with zero attached hydrogens (tertiary/aromatic N) is 1. The van der Waals surface area contributed by atoms with Crippen molar-refractivity contribution in [1.82, 2.24) is 0 Å². The van der Waals surface area contributed by atoms with Crippen LogP contribution in [-0.4, -0.2) is 50.5 Å². The summed E-state index contributed by atoms with van der Waals surface area (Å²) in [6.07, 6.45) is 5.50. The van der Waals surface area contributed by atoms with Crippen LogP contribution in [0.25, 0.3) is 0 Å². The Morgan fingerprint density at radius 1 is 1.06 bits per heavy atom. The highest BCUT2D eigenvalue weighted by molar-refractivity contribution is 7.53. The van der Waals surface area contributed by atoms with E-state index in [0.29, 0.717) is 19.4 Å². The van der Waals surface area contributed by atoms with Gasteiger partial charge in [0.1, 0.15) is 0 Å². The average Bonchev–Trinajstić information content (AvgIpc) is 2.30. The molecule has 0 saturated carbocycles. The minimum atomic E-state index is -2.83. The van der Waals surface area contributed by atoms with Crippen molar-refractivity contribution in [1.29, 1.82) is 0 Å². The molecule has 4 nitrogen and oxygen atoms in total. The van der Waals surface area contributed by atoms with Crippen molar-refractivity contribution >= 4 is 7.60 Å². The van der Waals surface area contributed by atoms with Crippen LogP contribution in [0.4, 0.5) is 0 Å². The zero-order valence-electron chi connectivity index (χ0n) is 12.2. The molecular weight excluding hydrogens is 249 g/mol. The minimum absolute atomic E-state index is 0.462. The van der Waals surface area contributed by atoms with E-state index in [0.717, 1.165) is 17.4 Å². The van der Waals surface area contributed by atoms with Crippen molar-refractivity contribution in [3.05, 3.63) is 0 Å². The molecule has 0 N–H and O–H groups in total. The van der Waals surface area contributed by atoms with E-state index in [4.69, 9.17) is 9.05 Å². The number of rotatable bonds is 8. The molecule has 1 heterocycles. The van der Waals surface area contributed by atoms with Crippen molar-refractivity contribution in [2.24, 2.45) is 0 Å². The van der Waals surface area contributed by atoms with Crippen LogP contribution in [-0.2, 0) is 13.6 Å². The average molecular weight is 278 g/mol. The van der Waals surface area contributed by atoms with Gasteiger partial charge in [0.15, 0.2) is 0 Å². The highest BCUT2D eigenvalue weighted by atomic mass is 31.2. The number of quaternary nitrogens is 1. The van der Waals surface area contributed by atoms with Crippen LogP contribution in [0.1, 0.15) is 39.5 Å². The lowest BCUT2D eigenvalue weighted by atomic mass is 10.1. The molecule has 5 heteroatoms. The maximum absolute atomic E-state index is 12.3. The lowest BCUT2D eigenvalue weighted by molar-refractivity contribution is -0.914. The standard InChI is InChI=1S/C13H29NO3P/c1-4-16-18(15,17-5-2)13-9-12-14(3)10-7-6-8-11-14/h4-13H2,1-3H3/q+1. The second kappa shape index (κ2) is 7.64. The summed E-state index contributed by atoms with van der Waals surface area (Å²) >= 11 is 0. The molecule has 0 atom stereocenters. The van der Waals surface area contributed by atoms with E-state index in [2.05, 4.69) is 7.05 Å². The Morgan fingerprint density at radius 2 is 1.61 bits per heavy atom. The summed E-state index contributed by atoms with van der Waals surface area (Å²) in [7, 11) is -0.516. The third-order valence-electron chi connectivity index (χ3n) is 3.68. The highest BCUT2D eigenvalue weighted by Gasteiger charge is 2.28. The number of piperidine rings is 1. The first kappa shape index (κ1) is 16.2. The van der Waals surface area contributed by atoms with E-state index < -0.39 is 7.60 Å². The summed E-state index contributed by atoms with van der Waals surface area (Å²) in [5.41, 5.74) is 0. The van der Waals surface area contributed by atoms with Crippen LogP contribution in [0.15, 0.2) is 0 Å². The number of hydrogen-bond donors (Lipinski definition) is 0. The fraction of sp³-hybridized carbons (Fsp3) is 1.00. The molecule has 0 bridgehead atoms. The van der Waals surface area contributed by atoms with E-state index in [-0.39, 0.29) is 0 Å². The largest absolute Gasteiger partial charge is 0.330 e. The van der Waals surface area contributed by atoms with Gasteiger partial charge in [0.2, 0.25) is 0 Å². The maximum Gasteiger partial charge on any atom is 0.330 e. The minimum Gasteiger partial charge on any atom is -0.326 e. The molecule has 18 heavy (non-hydrogen) atoms. The molecule has 0 aromatic rings. The Morgan fingerprint density at radius 3 is 2.11 bits per heavy atom. The summed E-state index contributed by atoms with van der Waals surface area (Å²) in [4.78, 5) is 0. The van der Waals surface area contributed by atoms with Crippen molar-refractivity contribution in [2.75, 3.05) is 46.1 Å². The molecular formula is C13H29NO3P+. The summed E-state index contributed by atoms with van der Waals surface area (Å²) in [6.45, 7) is 8.26. The monoisotopic (exact) mass is 278 g/mol. The quantitative estimate of drug-likeness (QED) is 0.505. The predicted octanol–water partition coefficient (Wildman–Crippen LogP) is 3.27. The van der Waals surface area contributed by atoms with Crippen LogP contribution >= 0.6 is 7.60 Å². The van der Waals surface area contributed by atoms with E-state index >= 15 is 0 Å². The second-order valence-electron chi connectivity index (χ2n) is 5.37. The van der Waals surface area contributed by atoms with Gasteiger partial charge in [-0.3, -0.25) is 4.57 Å². The Bertz CT molecular complexity index is 267. The Labute approximate surface area is 112 Å². The van der Waals surface area contributed by atoms with Crippen molar-refractivity contribution in [3.8, 4) is 0 Å². The smallest absolute Gasteiger partial charge is 0.326 e. The maximum atomic E-state index is 12.3. The van der Waals surface area contributed by atoms with Crippen LogP contribution < -0.4 is 0 Å². The molecule has 0 spiro atoms. The van der Waals surface area contributed by atoms with Gasteiger partial charge in [0.25, 0.3) is 0 Å². The van der Waals surface area contributed by atoms with Gasteiger partial charge < -0.3 is 13.5 Å². The SMILES string of the molecule is CCOP(=O)(CCC[N+]1(C)CCCCC1)OCC. The lowest BCUT2D eigenvalue weighted by Crippen LogP contribution is -2.48. The van der Waals surface area contributed by atoms with Crippen LogP contribution in [0.2, 0.25) is 0 Å². The van der Waals surface area contributed by atoms with E-state index in [1.165, 1.54) is 32.4 Å². The van der Waals surface area contributed by atoms with E-state index in [1.807, 2.05) is 13.8 Å². The van der Waals surface area contributed by atoms with Gasteiger partial charge in [-0.15, -0.1) is 0 Å². The molecule has 1 rings (SSSR count). The molecule has 0 unspecified atom stereocenters. The lowest BCUT2D eigenvalue weighted by Gasteiger charge is -2.38. The molecule has 0 amide bonds. The molecule has 1 aliphatic rings. The van der Waals surface area contributed by atoms with Gasteiger partial charge in [-0.25, -0.2) is 0 Å². The zero-order valence-corrected chi connectivity index (χ0v) is 13.1. The molecule has 0 aromatic carbocycles. The Hall–Kier alpha value is 0.110. The zero-order chi connectivity index (χ0) is 13.5. The topological polar surface area (TPSA) is 35.5 Å².